The van der Waals surface area contributed by atoms with Gasteiger partial charge in [0.2, 0.25) is 0 Å². The molecule has 0 spiro atoms. The molecule has 0 amide bonds. The monoisotopic (exact) mass is 205 g/mol. The average molecular weight is 205 g/mol. The Morgan fingerprint density at radius 1 is 1.33 bits per heavy atom. The zero-order valence-electron chi connectivity index (χ0n) is 9.29. The van der Waals surface area contributed by atoms with Crippen LogP contribution in [0.5, 0.6) is 0 Å². The van der Waals surface area contributed by atoms with Crippen LogP contribution in [0.25, 0.3) is 0 Å². The lowest BCUT2D eigenvalue weighted by Crippen LogP contribution is -2.43. The van der Waals surface area contributed by atoms with Gasteiger partial charge >= 0.3 is 0 Å². The molecule has 3 nitrogen and oxygen atoms in total. The maximum Gasteiger partial charge on any atom is 0.0387 e. The van der Waals surface area contributed by atoms with Crippen LogP contribution in [0.15, 0.2) is 18.2 Å². The second kappa shape index (κ2) is 4.53. The highest BCUT2D eigenvalue weighted by atomic mass is 15.2. The summed E-state index contributed by atoms with van der Waals surface area (Å²) in [5.74, 6) is 0. The van der Waals surface area contributed by atoms with Gasteiger partial charge in [-0.15, -0.1) is 0 Å². The molecule has 1 fully saturated rings. The first kappa shape index (κ1) is 10.3. The minimum absolute atomic E-state index is 0.925. The van der Waals surface area contributed by atoms with E-state index in [0.717, 1.165) is 38.3 Å². The van der Waals surface area contributed by atoms with Gasteiger partial charge in [-0.05, 0) is 24.1 Å². The van der Waals surface area contributed by atoms with Crippen LogP contribution in [0.1, 0.15) is 12.5 Å². The number of hydrogen-bond donors (Lipinski definition) is 2. The summed E-state index contributed by atoms with van der Waals surface area (Å²) < 4.78 is 0. The number of nitrogens with zero attached hydrogens (tertiary/aromatic N) is 1. The molecule has 2 rings (SSSR count). The van der Waals surface area contributed by atoms with Crippen molar-refractivity contribution in [2.24, 2.45) is 0 Å². The van der Waals surface area contributed by atoms with Crippen LogP contribution in [0.3, 0.4) is 0 Å². The fraction of sp³-hybridized carbons (Fsp3) is 0.500. The number of anilines is 2. The highest BCUT2D eigenvalue weighted by Gasteiger charge is 2.10. The Labute approximate surface area is 91.3 Å². The molecular weight excluding hydrogens is 186 g/mol. The number of aryl methyl sites for hydroxylation is 1. The van der Waals surface area contributed by atoms with Crippen LogP contribution >= 0.6 is 0 Å². The molecule has 1 saturated heterocycles. The minimum Gasteiger partial charge on any atom is -0.398 e. The van der Waals surface area contributed by atoms with E-state index in [1.165, 1.54) is 11.3 Å². The van der Waals surface area contributed by atoms with Crippen molar-refractivity contribution in [3.8, 4) is 0 Å². The first-order valence-electron chi connectivity index (χ1n) is 5.65. The number of nitrogens with two attached hydrogens (primary N) is 1. The zero-order chi connectivity index (χ0) is 10.7. The Kier molecular flexibility index (Phi) is 3.11. The minimum atomic E-state index is 0.925. The van der Waals surface area contributed by atoms with Gasteiger partial charge in [-0.1, -0.05) is 13.0 Å². The Morgan fingerprint density at radius 3 is 2.67 bits per heavy atom. The van der Waals surface area contributed by atoms with Crippen molar-refractivity contribution in [2.45, 2.75) is 13.3 Å². The fourth-order valence-electron chi connectivity index (χ4n) is 2.02. The molecule has 1 aliphatic rings. The number of rotatable bonds is 2. The van der Waals surface area contributed by atoms with E-state index in [2.05, 4.69) is 35.3 Å². The lowest BCUT2D eigenvalue weighted by molar-refractivity contribution is 0.589. The summed E-state index contributed by atoms with van der Waals surface area (Å²) in [6.45, 7) is 6.41. The molecule has 1 heterocycles. The predicted molar refractivity (Wildman–Crippen MR) is 65.3 cm³/mol. The number of nitrogen functional groups attached to an aromatic ring is 1. The molecule has 0 radical (unpaired) electrons. The van der Waals surface area contributed by atoms with E-state index < -0.39 is 0 Å². The fourth-order valence-corrected chi connectivity index (χ4v) is 2.02. The molecule has 82 valence electrons. The van der Waals surface area contributed by atoms with Gasteiger partial charge < -0.3 is 16.0 Å². The molecule has 3 N–H and O–H groups in total. The Hall–Kier alpha value is -1.22. The van der Waals surface area contributed by atoms with E-state index in [1.54, 1.807) is 0 Å². The lowest BCUT2D eigenvalue weighted by Gasteiger charge is -2.29. The number of nitrogens with one attached hydrogen (secondary N) is 1. The van der Waals surface area contributed by atoms with Crippen molar-refractivity contribution in [3.63, 3.8) is 0 Å². The summed E-state index contributed by atoms with van der Waals surface area (Å²) in [7, 11) is 0. The molecule has 0 aliphatic carbocycles. The third-order valence-electron chi connectivity index (χ3n) is 2.99. The van der Waals surface area contributed by atoms with Gasteiger partial charge in [0.1, 0.15) is 0 Å². The maximum absolute atomic E-state index is 6.00. The average Bonchev–Trinajstić information content (AvgIpc) is 2.30. The second-order valence-electron chi connectivity index (χ2n) is 3.97. The molecule has 0 atom stereocenters. The van der Waals surface area contributed by atoms with Gasteiger partial charge in [-0.2, -0.15) is 0 Å². The first-order valence-corrected chi connectivity index (χ1v) is 5.65. The topological polar surface area (TPSA) is 41.3 Å². The molecular formula is C12H19N3. The van der Waals surface area contributed by atoms with E-state index in [4.69, 9.17) is 5.73 Å². The summed E-state index contributed by atoms with van der Waals surface area (Å²) in [6, 6.07) is 6.43. The van der Waals surface area contributed by atoms with Crippen LogP contribution < -0.4 is 16.0 Å². The van der Waals surface area contributed by atoms with Crippen molar-refractivity contribution >= 4 is 11.4 Å². The van der Waals surface area contributed by atoms with Gasteiger partial charge in [0.25, 0.3) is 0 Å². The number of benzene rings is 1. The summed E-state index contributed by atoms with van der Waals surface area (Å²) in [6.07, 6.45) is 1.01. The largest absolute Gasteiger partial charge is 0.398 e. The quantitative estimate of drug-likeness (QED) is 0.714. The molecule has 1 aromatic carbocycles. The van der Waals surface area contributed by atoms with Crippen LogP contribution in [-0.2, 0) is 6.42 Å². The molecule has 1 aromatic rings. The highest BCUT2D eigenvalue weighted by molar-refractivity contribution is 5.60. The molecule has 1 aliphatic heterocycles. The van der Waals surface area contributed by atoms with Crippen LogP contribution in [0.2, 0.25) is 0 Å². The Bertz CT molecular complexity index is 330. The summed E-state index contributed by atoms with van der Waals surface area (Å²) >= 11 is 0. The van der Waals surface area contributed by atoms with Gasteiger partial charge in [0.05, 0.1) is 0 Å². The predicted octanol–water partition coefficient (Wildman–Crippen LogP) is 1.24. The van der Waals surface area contributed by atoms with Crippen molar-refractivity contribution < 1.29 is 0 Å². The van der Waals surface area contributed by atoms with E-state index in [0.29, 0.717) is 0 Å². The van der Waals surface area contributed by atoms with Crippen molar-refractivity contribution in [1.29, 1.82) is 0 Å². The third-order valence-corrected chi connectivity index (χ3v) is 2.99. The van der Waals surface area contributed by atoms with E-state index in [1.807, 2.05) is 0 Å². The molecule has 15 heavy (non-hydrogen) atoms. The summed E-state index contributed by atoms with van der Waals surface area (Å²) in [4.78, 5) is 2.38. The third kappa shape index (κ3) is 2.23. The van der Waals surface area contributed by atoms with Gasteiger partial charge in [0.15, 0.2) is 0 Å². The molecule has 0 aromatic heterocycles. The maximum atomic E-state index is 6.00. The zero-order valence-corrected chi connectivity index (χ0v) is 9.29. The van der Waals surface area contributed by atoms with Crippen LogP contribution in [0.4, 0.5) is 11.4 Å². The summed E-state index contributed by atoms with van der Waals surface area (Å²) in [5.41, 5.74) is 9.42. The van der Waals surface area contributed by atoms with Crippen LogP contribution in [0, 0.1) is 0 Å². The van der Waals surface area contributed by atoms with Crippen molar-refractivity contribution in [2.75, 3.05) is 36.8 Å². The van der Waals surface area contributed by atoms with Crippen molar-refractivity contribution in [1.82, 2.24) is 5.32 Å². The SMILES string of the molecule is CCc1ccc(N2CCNCC2)cc1N. The van der Waals surface area contributed by atoms with E-state index >= 15 is 0 Å². The second-order valence-corrected chi connectivity index (χ2v) is 3.97. The number of piperazine rings is 1. The van der Waals surface area contributed by atoms with Gasteiger partial charge in [-0.3, -0.25) is 0 Å². The van der Waals surface area contributed by atoms with E-state index in [-0.39, 0.29) is 0 Å². The smallest absolute Gasteiger partial charge is 0.0387 e. The molecule has 0 bridgehead atoms. The van der Waals surface area contributed by atoms with Crippen LogP contribution in [-0.4, -0.2) is 26.2 Å². The highest BCUT2D eigenvalue weighted by Crippen LogP contribution is 2.22. The lowest BCUT2D eigenvalue weighted by atomic mass is 10.1. The van der Waals surface area contributed by atoms with Gasteiger partial charge in [0, 0.05) is 37.6 Å². The first-order chi connectivity index (χ1) is 7.31. The normalized spacial score (nSPS) is 16.7. The molecule has 3 heteroatoms. The molecule has 0 saturated carbocycles. The van der Waals surface area contributed by atoms with Crippen molar-refractivity contribution in [3.05, 3.63) is 23.8 Å². The number of hydrogen-bond acceptors (Lipinski definition) is 3. The van der Waals surface area contributed by atoms with E-state index in [9.17, 15) is 0 Å². The standard InChI is InChI=1S/C12H19N3/c1-2-10-3-4-11(9-12(10)13)15-7-5-14-6-8-15/h3-4,9,14H,2,5-8,13H2,1H3. The molecule has 0 unspecified atom stereocenters. The summed E-state index contributed by atoms with van der Waals surface area (Å²) in [5, 5.41) is 3.35. The Balaban J connectivity index is 2.17. The van der Waals surface area contributed by atoms with Gasteiger partial charge in [-0.25, -0.2) is 0 Å². The Morgan fingerprint density at radius 2 is 2.07 bits per heavy atom.